The van der Waals surface area contributed by atoms with Crippen molar-refractivity contribution in [2.45, 2.75) is 27.2 Å². The molecule has 0 saturated heterocycles. The van der Waals surface area contributed by atoms with Gasteiger partial charge in [-0.15, -0.1) is 0 Å². The molecule has 2 N–H and O–H groups in total. The lowest BCUT2D eigenvalue weighted by Crippen LogP contribution is -2.08. The molecule has 0 fully saturated rings. The van der Waals surface area contributed by atoms with E-state index in [0.717, 1.165) is 6.42 Å². The number of nitriles is 1. The molecule has 0 aliphatic rings. The molecule has 126 valence electrons. The van der Waals surface area contributed by atoms with Gasteiger partial charge < -0.3 is 15.1 Å². The van der Waals surface area contributed by atoms with Crippen molar-refractivity contribution < 1.29 is 19.8 Å². The standard InChI is InChI=1S/C17H19N3O4/c1-10(2)6-7-24-14-5-4-12(8-13(14)9-18)16-19-11(3)15(17(21)22)20(16)23/h4-5,8,10,23H,6-7H2,1-3H3,(H,21,22). The lowest BCUT2D eigenvalue weighted by Gasteiger charge is -2.10. The molecule has 0 spiro atoms. The lowest BCUT2D eigenvalue weighted by molar-refractivity contribution is 0.0645. The Morgan fingerprint density at radius 2 is 2.17 bits per heavy atom. The molecule has 1 aromatic heterocycles. The number of benzene rings is 1. The quantitative estimate of drug-likeness (QED) is 0.788. The summed E-state index contributed by atoms with van der Waals surface area (Å²) in [5, 5.41) is 28.4. The molecule has 0 radical (unpaired) electrons. The average Bonchev–Trinajstić information content (AvgIpc) is 2.82. The van der Waals surface area contributed by atoms with Gasteiger partial charge in [-0.2, -0.15) is 9.99 Å². The zero-order valence-corrected chi connectivity index (χ0v) is 13.8. The third kappa shape index (κ3) is 3.49. The molecule has 7 heteroatoms. The Balaban J connectivity index is 2.35. The minimum atomic E-state index is -1.28. The van der Waals surface area contributed by atoms with Crippen LogP contribution in [0.2, 0.25) is 0 Å². The fourth-order valence-corrected chi connectivity index (χ4v) is 2.24. The fourth-order valence-electron chi connectivity index (χ4n) is 2.24. The maximum atomic E-state index is 11.1. The van der Waals surface area contributed by atoms with Crippen molar-refractivity contribution in [3.63, 3.8) is 0 Å². The normalized spacial score (nSPS) is 10.6. The summed E-state index contributed by atoms with van der Waals surface area (Å²) >= 11 is 0. The Bertz CT molecular complexity index is 803. The first-order valence-corrected chi connectivity index (χ1v) is 7.54. The molecular weight excluding hydrogens is 310 g/mol. The number of imidazole rings is 1. The summed E-state index contributed by atoms with van der Waals surface area (Å²) in [6.45, 7) is 6.17. The molecule has 0 bridgehead atoms. The molecule has 0 atom stereocenters. The topological polar surface area (TPSA) is 108 Å². The second-order valence-corrected chi connectivity index (χ2v) is 5.84. The van der Waals surface area contributed by atoms with Crippen molar-refractivity contribution in [3.05, 3.63) is 35.2 Å². The van der Waals surface area contributed by atoms with E-state index in [1.807, 2.05) is 6.07 Å². The molecule has 24 heavy (non-hydrogen) atoms. The van der Waals surface area contributed by atoms with E-state index in [1.54, 1.807) is 12.1 Å². The monoisotopic (exact) mass is 329 g/mol. The number of carboxylic acids is 1. The van der Waals surface area contributed by atoms with Crippen molar-refractivity contribution in [2.75, 3.05) is 6.61 Å². The predicted octanol–water partition coefficient (Wildman–Crippen LogP) is 3.09. The molecule has 7 nitrogen and oxygen atoms in total. The van der Waals surface area contributed by atoms with E-state index in [4.69, 9.17) is 9.84 Å². The minimum absolute atomic E-state index is 0.0649. The smallest absolute Gasteiger partial charge is 0.357 e. The summed E-state index contributed by atoms with van der Waals surface area (Å²) in [6, 6.07) is 6.82. The van der Waals surface area contributed by atoms with Gasteiger partial charge in [0, 0.05) is 5.56 Å². The van der Waals surface area contributed by atoms with Crippen LogP contribution in [-0.4, -0.2) is 32.6 Å². The van der Waals surface area contributed by atoms with E-state index in [2.05, 4.69) is 18.8 Å². The van der Waals surface area contributed by atoms with Gasteiger partial charge in [0.05, 0.1) is 17.9 Å². The van der Waals surface area contributed by atoms with Gasteiger partial charge in [-0.3, -0.25) is 0 Å². The first-order valence-electron chi connectivity index (χ1n) is 7.54. The van der Waals surface area contributed by atoms with Crippen LogP contribution in [0.4, 0.5) is 0 Å². The van der Waals surface area contributed by atoms with Crippen LogP contribution in [0.3, 0.4) is 0 Å². The number of rotatable bonds is 6. The van der Waals surface area contributed by atoms with Gasteiger partial charge in [0.1, 0.15) is 11.8 Å². The average molecular weight is 329 g/mol. The number of aromatic carboxylic acids is 1. The minimum Gasteiger partial charge on any atom is -0.492 e. The Labute approximate surface area is 139 Å². The highest BCUT2D eigenvalue weighted by Crippen LogP contribution is 2.27. The predicted molar refractivity (Wildman–Crippen MR) is 86.2 cm³/mol. The summed E-state index contributed by atoms with van der Waals surface area (Å²) in [5.41, 5.74) is 0.617. The summed E-state index contributed by atoms with van der Waals surface area (Å²) in [5.74, 6) is -0.264. The Morgan fingerprint density at radius 3 is 2.71 bits per heavy atom. The van der Waals surface area contributed by atoms with E-state index in [9.17, 15) is 15.3 Å². The molecule has 1 aromatic carbocycles. The van der Waals surface area contributed by atoms with Gasteiger partial charge >= 0.3 is 5.97 Å². The maximum absolute atomic E-state index is 11.1. The first-order chi connectivity index (χ1) is 11.3. The van der Waals surface area contributed by atoms with Gasteiger partial charge in [-0.05, 0) is 37.5 Å². The number of nitrogens with zero attached hydrogens (tertiary/aromatic N) is 3. The molecule has 0 saturated carbocycles. The molecule has 1 heterocycles. The zero-order valence-electron chi connectivity index (χ0n) is 13.8. The van der Waals surface area contributed by atoms with Crippen molar-refractivity contribution in [3.8, 4) is 23.2 Å². The zero-order chi connectivity index (χ0) is 17.9. The SMILES string of the molecule is Cc1nc(-c2ccc(OCCC(C)C)c(C#N)c2)n(O)c1C(=O)O. The van der Waals surface area contributed by atoms with Crippen LogP contribution in [0.15, 0.2) is 18.2 Å². The number of carbonyl (C=O) groups is 1. The van der Waals surface area contributed by atoms with E-state index >= 15 is 0 Å². The van der Waals surface area contributed by atoms with Crippen LogP contribution in [0.1, 0.15) is 42.0 Å². The number of ether oxygens (including phenoxy) is 1. The third-order valence-corrected chi connectivity index (χ3v) is 3.54. The van der Waals surface area contributed by atoms with Crippen LogP contribution in [0.5, 0.6) is 5.75 Å². The van der Waals surface area contributed by atoms with E-state index in [1.165, 1.54) is 13.0 Å². The van der Waals surface area contributed by atoms with E-state index in [0.29, 0.717) is 34.1 Å². The number of aromatic nitrogens is 2. The van der Waals surface area contributed by atoms with Crippen LogP contribution >= 0.6 is 0 Å². The molecule has 0 unspecified atom stereocenters. The van der Waals surface area contributed by atoms with Crippen molar-refractivity contribution in [1.82, 2.24) is 9.71 Å². The van der Waals surface area contributed by atoms with Crippen molar-refractivity contribution in [1.29, 1.82) is 5.26 Å². The fraction of sp³-hybridized carbons (Fsp3) is 0.353. The number of hydrogen-bond acceptors (Lipinski definition) is 5. The van der Waals surface area contributed by atoms with Gasteiger partial charge in [0.25, 0.3) is 0 Å². The largest absolute Gasteiger partial charge is 0.492 e. The number of hydrogen-bond donors (Lipinski definition) is 2. The highest BCUT2D eigenvalue weighted by atomic mass is 16.5. The van der Waals surface area contributed by atoms with Crippen molar-refractivity contribution >= 4 is 5.97 Å². The highest BCUT2D eigenvalue weighted by molar-refractivity contribution is 5.88. The Hall–Kier alpha value is -3.01. The molecule has 0 aliphatic heterocycles. The summed E-state index contributed by atoms with van der Waals surface area (Å²) in [4.78, 5) is 15.2. The van der Waals surface area contributed by atoms with Crippen LogP contribution < -0.4 is 4.74 Å². The van der Waals surface area contributed by atoms with Gasteiger partial charge in [-0.25, -0.2) is 9.78 Å². The summed E-state index contributed by atoms with van der Waals surface area (Å²) in [6.07, 6.45) is 0.870. The summed E-state index contributed by atoms with van der Waals surface area (Å²) < 4.78 is 6.14. The number of aryl methyl sites for hydroxylation is 1. The van der Waals surface area contributed by atoms with E-state index in [-0.39, 0.29) is 17.2 Å². The molecule has 0 amide bonds. The van der Waals surface area contributed by atoms with E-state index < -0.39 is 5.97 Å². The van der Waals surface area contributed by atoms with Gasteiger partial charge in [0.2, 0.25) is 0 Å². The maximum Gasteiger partial charge on any atom is 0.357 e. The van der Waals surface area contributed by atoms with Gasteiger partial charge in [0.15, 0.2) is 11.5 Å². The second-order valence-electron chi connectivity index (χ2n) is 5.84. The molecule has 2 rings (SSSR count). The Kier molecular flexibility index (Phi) is 5.09. The van der Waals surface area contributed by atoms with Gasteiger partial charge in [-0.1, -0.05) is 13.8 Å². The second kappa shape index (κ2) is 7.04. The van der Waals surface area contributed by atoms with Crippen LogP contribution in [0, 0.1) is 24.2 Å². The first kappa shape index (κ1) is 17.3. The molecule has 2 aromatic rings. The summed E-state index contributed by atoms with van der Waals surface area (Å²) in [7, 11) is 0. The van der Waals surface area contributed by atoms with Crippen molar-refractivity contribution in [2.24, 2.45) is 5.92 Å². The third-order valence-electron chi connectivity index (χ3n) is 3.54. The highest BCUT2D eigenvalue weighted by Gasteiger charge is 2.21. The van der Waals surface area contributed by atoms with Crippen LogP contribution in [-0.2, 0) is 0 Å². The Morgan fingerprint density at radius 1 is 1.46 bits per heavy atom. The number of carboxylic acid groups (broad SMARTS) is 1. The van der Waals surface area contributed by atoms with Crippen LogP contribution in [0.25, 0.3) is 11.4 Å². The molecule has 0 aliphatic carbocycles. The lowest BCUT2D eigenvalue weighted by atomic mass is 10.1. The molecular formula is C17H19N3O4.